The summed E-state index contributed by atoms with van der Waals surface area (Å²) >= 11 is 6.29. The predicted molar refractivity (Wildman–Crippen MR) is 106 cm³/mol. The summed E-state index contributed by atoms with van der Waals surface area (Å²) in [5.41, 5.74) is 1.34. The highest BCUT2D eigenvalue weighted by Crippen LogP contribution is 2.35. The summed E-state index contributed by atoms with van der Waals surface area (Å²) < 4.78 is 7.78. The van der Waals surface area contributed by atoms with Crippen molar-refractivity contribution in [2.24, 2.45) is 7.05 Å². The largest absolute Gasteiger partial charge is 0.474 e. The van der Waals surface area contributed by atoms with E-state index in [4.69, 9.17) is 16.3 Å². The third-order valence-electron chi connectivity index (χ3n) is 4.83. The number of fused-ring (bicyclic) bond motifs is 1. The molecular weight excluding hydrogens is 382 g/mol. The van der Waals surface area contributed by atoms with Crippen LogP contribution in [0.3, 0.4) is 0 Å². The maximum Gasteiger partial charge on any atom is 0.245 e. The van der Waals surface area contributed by atoms with Gasteiger partial charge in [-0.1, -0.05) is 18.2 Å². The molecule has 28 heavy (non-hydrogen) atoms. The maximum atomic E-state index is 11.7. The minimum absolute atomic E-state index is 0.0552. The first-order valence-corrected chi connectivity index (χ1v) is 9.18. The Hall–Kier alpha value is -3.07. The Balaban J connectivity index is 1.53. The molecule has 1 aliphatic rings. The van der Waals surface area contributed by atoms with E-state index in [-0.39, 0.29) is 18.1 Å². The quantitative estimate of drug-likeness (QED) is 0.616. The van der Waals surface area contributed by atoms with Gasteiger partial charge in [-0.3, -0.25) is 9.48 Å². The van der Waals surface area contributed by atoms with Crippen LogP contribution in [-0.4, -0.2) is 54.7 Å². The number of aromatic amines is 1. The highest BCUT2D eigenvalue weighted by molar-refractivity contribution is 6.35. The Morgan fingerprint density at radius 1 is 1.50 bits per heavy atom. The minimum atomic E-state index is -0.0930. The molecule has 9 nitrogen and oxygen atoms in total. The number of ether oxygens (including phenoxy) is 1. The Kier molecular flexibility index (Phi) is 4.68. The number of nitrogens with one attached hydrogen (secondary N) is 2. The fourth-order valence-electron chi connectivity index (χ4n) is 3.15. The summed E-state index contributed by atoms with van der Waals surface area (Å²) in [6, 6.07) is 0.127. The highest BCUT2D eigenvalue weighted by Gasteiger charge is 2.36. The average molecular weight is 402 g/mol. The molecule has 0 bridgehead atoms. The molecule has 0 aliphatic heterocycles. The average Bonchev–Trinajstić information content (AvgIpc) is 3.22. The smallest absolute Gasteiger partial charge is 0.245 e. The molecule has 0 atom stereocenters. The van der Waals surface area contributed by atoms with E-state index in [1.54, 1.807) is 29.0 Å². The van der Waals surface area contributed by atoms with E-state index in [0.717, 1.165) is 18.5 Å². The summed E-state index contributed by atoms with van der Waals surface area (Å²) in [6.07, 6.45) is 7.85. The summed E-state index contributed by atoms with van der Waals surface area (Å²) in [5.74, 6) is 0.692. The van der Waals surface area contributed by atoms with Crippen LogP contribution in [0.5, 0.6) is 5.88 Å². The van der Waals surface area contributed by atoms with Gasteiger partial charge >= 0.3 is 0 Å². The zero-order valence-corrected chi connectivity index (χ0v) is 16.3. The van der Waals surface area contributed by atoms with Gasteiger partial charge in [0.15, 0.2) is 0 Å². The number of hydrogen-bond acceptors (Lipinski definition) is 6. The minimum Gasteiger partial charge on any atom is -0.474 e. The van der Waals surface area contributed by atoms with Crippen molar-refractivity contribution in [2.75, 3.05) is 12.4 Å². The van der Waals surface area contributed by atoms with Gasteiger partial charge in [-0.05, 0) is 6.08 Å². The zero-order valence-electron chi connectivity index (χ0n) is 15.5. The van der Waals surface area contributed by atoms with Crippen molar-refractivity contribution in [1.29, 1.82) is 0 Å². The van der Waals surface area contributed by atoms with Crippen molar-refractivity contribution in [3.8, 4) is 5.88 Å². The predicted octanol–water partition coefficient (Wildman–Crippen LogP) is 2.64. The Morgan fingerprint density at radius 3 is 2.96 bits per heavy atom. The van der Waals surface area contributed by atoms with Crippen LogP contribution >= 0.6 is 11.6 Å². The molecule has 0 unspecified atom stereocenters. The molecule has 0 aromatic carbocycles. The Bertz CT molecular complexity index is 1040. The molecule has 3 aromatic rings. The summed E-state index contributed by atoms with van der Waals surface area (Å²) in [5, 5.41) is 8.36. The maximum absolute atomic E-state index is 11.7. The first-order valence-electron chi connectivity index (χ1n) is 8.80. The van der Waals surface area contributed by atoms with Crippen molar-refractivity contribution in [3.05, 3.63) is 36.3 Å². The molecule has 1 fully saturated rings. The van der Waals surface area contributed by atoms with Gasteiger partial charge in [-0.15, -0.1) is 0 Å². The standard InChI is InChI=1S/C18H20ClN7O2/c1-4-14(27)26(3)11-5-12(6-11)28-17-15-13(19)8-20-16(15)23-18(24-17)22-10-7-21-25(2)9-10/h4,7-9,11-12H,1,5-6H2,2-3H3,(H2,20,22,23,24)/t11-,12-. The normalized spacial score (nSPS) is 18.5. The monoisotopic (exact) mass is 401 g/mol. The molecule has 4 rings (SSSR count). The van der Waals surface area contributed by atoms with E-state index >= 15 is 0 Å². The Labute approximate surface area is 166 Å². The molecule has 0 saturated heterocycles. The number of aryl methyl sites for hydroxylation is 1. The molecular formula is C18H20ClN7O2. The lowest BCUT2D eigenvalue weighted by Gasteiger charge is -2.40. The molecule has 1 amide bonds. The van der Waals surface area contributed by atoms with E-state index in [1.165, 1.54) is 6.08 Å². The SMILES string of the molecule is C=CC(=O)N(C)[C@H]1C[C@H](Oc2nc(Nc3cnn(C)c3)nc3[nH]cc(Cl)c23)C1. The molecule has 3 heterocycles. The Morgan fingerprint density at radius 2 is 2.29 bits per heavy atom. The number of halogens is 1. The van der Waals surface area contributed by atoms with E-state index < -0.39 is 0 Å². The summed E-state index contributed by atoms with van der Waals surface area (Å²) in [6.45, 7) is 3.52. The van der Waals surface area contributed by atoms with E-state index in [2.05, 4.69) is 31.9 Å². The van der Waals surface area contributed by atoms with Crippen molar-refractivity contribution in [2.45, 2.75) is 25.0 Å². The third kappa shape index (κ3) is 3.40. The number of carbonyl (C=O) groups is 1. The van der Waals surface area contributed by atoms with Crippen molar-refractivity contribution in [3.63, 3.8) is 0 Å². The number of aromatic nitrogens is 5. The second-order valence-electron chi connectivity index (χ2n) is 6.76. The van der Waals surface area contributed by atoms with Crippen LogP contribution in [0.2, 0.25) is 5.02 Å². The van der Waals surface area contributed by atoms with Crippen LogP contribution < -0.4 is 10.1 Å². The number of nitrogens with zero attached hydrogens (tertiary/aromatic N) is 5. The summed E-state index contributed by atoms with van der Waals surface area (Å²) in [7, 11) is 3.60. The van der Waals surface area contributed by atoms with Gasteiger partial charge < -0.3 is 19.9 Å². The molecule has 146 valence electrons. The lowest BCUT2D eigenvalue weighted by Crippen LogP contribution is -2.49. The van der Waals surface area contributed by atoms with E-state index in [9.17, 15) is 4.79 Å². The van der Waals surface area contributed by atoms with Crippen molar-refractivity contribution in [1.82, 2.24) is 29.6 Å². The number of H-pyrrole nitrogens is 1. The molecule has 3 aromatic heterocycles. The number of carbonyl (C=O) groups excluding carboxylic acids is 1. The number of amides is 1. The van der Waals surface area contributed by atoms with Crippen molar-refractivity contribution < 1.29 is 9.53 Å². The topological polar surface area (TPSA) is 101 Å². The number of likely N-dealkylation sites (N-methyl/N-ethyl adjacent to an activating group) is 1. The van der Waals surface area contributed by atoms with E-state index in [1.807, 2.05) is 13.2 Å². The molecule has 0 radical (unpaired) electrons. The van der Waals surface area contributed by atoms with Crippen LogP contribution in [0.1, 0.15) is 12.8 Å². The number of anilines is 2. The second-order valence-corrected chi connectivity index (χ2v) is 7.17. The summed E-state index contributed by atoms with van der Waals surface area (Å²) in [4.78, 5) is 25.4. The van der Waals surface area contributed by atoms with Gasteiger partial charge in [-0.2, -0.15) is 15.1 Å². The van der Waals surface area contributed by atoms with Gasteiger partial charge in [0, 0.05) is 45.4 Å². The van der Waals surface area contributed by atoms with Gasteiger partial charge in [0.25, 0.3) is 0 Å². The number of hydrogen-bond donors (Lipinski definition) is 2. The molecule has 10 heteroatoms. The molecule has 1 saturated carbocycles. The second kappa shape index (κ2) is 7.16. The van der Waals surface area contributed by atoms with Crippen LogP contribution in [-0.2, 0) is 11.8 Å². The van der Waals surface area contributed by atoms with Crippen LogP contribution in [0, 0.1) is 0 Å². The van der Waals surface area contributed by atoms with Crippen LogP contribution in [0.4, 0.5) is 11.6 Å². The fraction of sp³-hybridized carbons (Fsp3) is 0.333. The van der Waals surface area contributed by atoms with Crippen LogP contribution in [0.15, 0.2) is 31.2 Å². The van der Waals surface area contributed by atoms with Gasteiger partial charge in [-0.25, -0.2) is 0 Å². The zero-order chi connectivity index (χ0) is 19.8. The first kappa shape index (κ1) is 18.3. The number of rotatable bonds is 6. The third-order valence-corrected chi connectivity index (χ3v) is 5.13. The molecule has 2 N–H and O–H groups in total. The van der Waals surface area contributed by atoms with Gasteiger partial charge in [0.1, 0.15) is 11.8 Å². The first-order chi connectivity index (χ1) is 13.4. The fourth-order valence-corrected chi connectivity index (χ4v) is 3.38. The lowest BCUT2D eigenvalue weighted by atomic mass is 9.88. The highest BCUT2D eigenvalue weighted by atomic mass is 35.5. The van der Waals surface area contributed by atoms with Crippen molar-refractivity contribution >= 4 is 40.2 Å². The van der Waals surface area contributed by atoms with Crippen LogP contribution in [0.25, 0.3) is 11.0 Å². The van der Waals surface area contributed by atoms with Gasteiger partial charge in [0.05, 0.1) is 22.3 Å². The van der Waals surface area contributed by atoms with E-state index in [0.29, 0.717) is 27.9 Å². The van der Waals surface area contributed by atoms with Gasteiger partial charge in [0.2, 0.25) is 17.7 Å². The molecule has 0 spiro atoms. The lowest BCUT2D eigenvalue weighted by molar-refractivity contribution is -0.130. The molecule has 1 aliphatic carbocycles.